The first-order chi connectivity index (χ1) is 10.3. The molecular formula is C18H28N2O. The fourth-order valence-corrected chi connectivity index (χ4v) is 3.89. The maximum atomic E-state index is 5.44. The van der Waals surface area contributed by atoms with E-state index in [9.17, 15) is 0 Å². The Hall–Kier alpha value is -1.06. The lowest BCUT2D eigenvalue weighted by molar-refractivity contribution is 0.148. The average molecular weight is 288 g/mol. The van der Waals surface area contributed by atoms with Crippen molar-refractivity contribution in [2.24, 2.45) is 5.92 Å². The van der Waals surface area contributed by atoms with E-state index in [0.29, 0.717) is 11.8 Å². The molecular weight excluding hydrogens is 260 g/mol. The van der Waals surface area contributed by atoms with E-state index in [1.807, 2.05) is 7.11 Å². The van der Waals surface area contributed by atoms with Gasteiger partial charge in [0.2, 0.25) is 0 Å². The fourth-order valence-electron chi connectivity index (χ4n) is 3.89. The van der Waals surface area contributed by atoms with Gasteiger partial charge in [-0.1, -0.05) is 19.1 Å². The lowest BCUT2D eigenvalue weighted by Crippen LogP contribution is -2.20. The maximum Gasteiger partial charge on any atom is 0.0509 e. The van der Waals surface area contributed by atoms with Crippen molar-refractivity contribution < 1.29 is 4.74 Å². The highest BCUT2D eigenvalue weighted by molar-refractivity contribution is 5.49. The van der Waals surface area contributed by atoms with Crippen LogP contribution >= 0.6 is 0 Å². The van der Waals surface area contributed by atoms with Gasteiger partial charge in [0.15, 0.2) is 0 Å². The molecule has 0 bridgehead atoms. The molecule has 2 unspecified atom stereocenters. The number of ether oxygens (including phenoxy) is 1. The summed E-state index contributed by atoms with van der Waals surface area (Å²) >= 11 is 0. The van der Waals surface area contributed by atoms with Gasteiger partial charge >= 0.3 is 0 Å². The summed E-state index contributed by atoms with van der Waals surface area (Å²) in [6.45, 7) is 9.05. The smallest absolute Gasteiger partial charge is 0.0509 e. The van der Waals surface area contributed by atoms with E-state index in [2.05, 4.69) is 41.0 Å². The Bertz CT molecular complexity index is 439. The third kappa shape index (κ3) is 3.24. The van der Waals surface area contributed by atoms with Crippen LogP contribution in [0.25, 0.3) is 0 Å². The number of methoxy groups -OCH3 is 1. The molecule has 21 heavy (non-hydrogen) atoms. The van der Waals surface area contributed by atoms with E-state index in [4.69, 9.17) is 4.74 Å². The van der Waals surface area contributed by atoms with E-state index in [0.717, 1.165) is 13.2 Å². The average Bonchev–Trinajstić information content (AvgIpc) is 3.17. The van der Waals surface area contributed by atoms with E-state index in [-0.39, 0.29) is 0 Å². The molecule has 0 radical (unpaired) electrons. The molecule has 2 heterocycles. The zero-order valence-electron chi connectivity index (χ0n) is 13.4. The fraction of sp³-hybridized carbons (Fsp3) is 0.667. The molecule has 0 spiro atoms. The van der Waals surface area contributed by atoms with Crippen molar-refractivity contribution >= 4 is 5.69 Å². The summed E-state index contributed by atoms with van der Waals surface area (Å²) in [6, 6.07) is 9.33. The minimum absolute atomic E-state index is 0.623. The van der Waals surface area contributed by atoms with Crippen LogP contribution in [0, 0.1) is 5.92 Å². The number of nitrogens with zero attached hydrogens (tertiary/aromatic N) is 2. The Morgan fingerprint density at radius 1 is 1.10 bits per heavy atom. The normalized spacial score (nSPS) is 26.7. The third-order valence-corrected chi connectivity index (χ3v) is 5.14. The predicted octanol–water partition coefficient (Wildman–Crippen LogP) is 2.97. The molecule has 2 aliphatic heterocycles. The monoisotopic (exact) mass is 288 g/mol. The van der Waals surface area contributed by atoms with Gasteiger partial charge in [0.05, 0.1) is 6.61 Å². The van der Waals surface area contributed by atoms with Crippen LogP contribution in [-0.4, -0.2) is 51.3 Å². The van der Waals surface area contributed by atoms with Gasteiger partial charge in [-0.25, -0.2) is 0 Å². The summed E-state index contributed by atoms with van der Waals surface area (Å²) in [5.41, 5.74) is 2.88. The van der Waals surface area contributed by atoms with E-state index >= 15 is 0 Å². The predicted molar refractivity (Wildman–Crippen MR) is 88.1 cm³/mol. The summed E-state index contributed by atoms with van der Waals surface area (Å²) in [7, 11) is 1.82. The molecule has 2 atom stereocenters. The van der Waals surface area contributed by atoms with Gasteiger partial charge in [-0.05, 0) is 37.1 Å². The molecule has 0 saturated carbocycles. The van der Waals surface area contributed by atoms with Gasteiger partial charge in [-0.2, -0.15) is 0 Å². The van der Waals surface area contributed by atoms with Crippen LogP contribution in [0.5, 0.6) is 0 Å². The van der Waals surface area contributed by atoms with E-state index in [1.165, 1.54) is 50.3 Å². The van der Waals surface area contributed by atoms with E-state index < -0.39 is 0 Å². The van der Waals surface area contributed by atoms with Crippen molar-refractivity contribution in [3.63, 3.8) is 0 Å². The van der Waals surface area contributed by atoms with Crippen molar-refractivity contribution in [1.82, 2.24) is 4.90 Å². The molecule has 3 heteroatoms. The highest BCUT2D eigenvalue weighted by atomic mass is 16.5. The number of likely N-dealkylation sites (N-methyl/N-ethyl adjacent to an activating group) is 1. The molecule has 1 aromatic carbocycles. The Morgan fingerprint density at radius 3 is 2.43 bits per heavy atom. The van der Waals surface area contributed by atoms with Gasteiger partial charge in [-0.15, -0.1) is 0 Å². The van der Waals surface area contributed by atoms with Crippen molar-refractivity contribution in [1.29, 1.82) is 0 Å². The Kier molecular flexibility index (Phi) is 4.81. The highest BCUT2D eigenvalue weighted by Crippen LogP contribution is 2.34. The minimum Gasteiger partial charge on any atom is -0.384 e. The lowest BCUT2D eigenvalue weighted by atomic mass is 9.89. The van der Waals surface area contributed by atoms with Crippen LogP contribution in [0.4, 0.5) is 5.69 Å². The molecule has 1 aromatic rings. The number of benzene rings is 1. The topological polar surface area (TPSA) is 15.7 Å². The molecule has 116 valence electrons. The van der Waals surface area contributed by atoms with Gasteiger partial charge < -0.3 is 14.5 Å². The second-order valence-electron chi connectivity index (χ2n) is 6.46. The molecule has 2 saturated heterocycles. The van der Waals surface area contributed by atoms with Crippen molar-refractivity contribution in [3.8, 4) is 0 Å². The third-order valence-electron chi connectivity index (χ3n) is 5.14. The molecule has 0 aromatic heterocycles. The zero-order valence-corrected chi connectivity index (χ0v) is 13.4. The largest absolute Gasteiger partial charge is 0.384 e. The second kappa shape index (κ2) is 6.80. The number of hydrogen-bond acceptors (Lipinski definition) is 3. The van der Waals surface area contributed by atoms with Crippen molar-refractivity contribution in [2.45, 2.75) is 25.7 Å². The highest BCUT2D eigenvalue weighted by Gasteiger charge is 2.32. The summed E-state index contributed by atoms with van der Waals surface area (Å²) in [5.74, 6) is 1.25. The van der Waals surface area contributed by atoms with E-state index in [1.54, 1.807) is 0 Å². The summed E-state index contributed by atoms with van der Waals surface area (Å²) < 4.78 is 5.44. The van der Waals surface area contributed by atoms with Crippen LogP contribution in [0.15, 0.2) is 24.3 Å². The van der Waals surface area contributed by atoms with Crippen molar-refractivity contribution in [2.75, 3.05) is 51.3 Å². The Morgan fingerprint density at radius 2 is 1.81 bits per heavy atom. The lowest BCUT2D eigenvalue weighted by Gasteiger charge is -2.21. The second-order valence-corrected chi connectivity index (χ2v) is 6.46. The molecule has 2 fully saturated rings. The van der Waals surface area contributed by atoms with Crippen LogP contribution in [-0.2, 0) is 4.74 Å². The number of anilines is 1. The van der Waals surface area contributed by atoms with Gasteiger partial charge in [-0.3, -0.25) is 0 Å². The number of likely N-dealkylation sites (tertiary alicyclic amines) is 1. The molecule has 0 amide bonds. The molecule has 3 rings (SSSR count). The minimum atomic E-state index is 0.623. The van der Waals surface area contributed by atoms with Gasteiger partial charge in [0, 0.05) is 50.8 Å². The molecule has 0 N–H and O–H groups in total. The summed E-state index contributed by atoms with van der Waals surface area (Å²) in [6.07, 6.45) is 2.68. The molecule has 2 aliphatic rings. The first-order valence-corrected chi connectivity index (χ1v) is 8.38. The summed E-state index contributed by atoms with van der Waals surface area (Å²) in [4.78, 5) is 5.05. The number of hydrogen-bond donors (Lipinski definition) is 0. The van der Waals surface area contributed by atoms with Crippen LogP contribution in [0.1, 0.15) is 31.2 Å². The maximum absolute atomic E-state index is 5.44. The summed E-state index contributed by atoms with van der Waals surface area (Å²) in [5, 5.41) is 0. The van der Waals surface area contributed by atoms with Crippen molar-refractivity contribution in [3.05, 3.63) is 29.8 Å². The number of rotatable bonds is 5. The quantitative estimate of drug-likeness (QED) is 0.828. The molecule has 3 nitrogen and oxygen atoms in total. The zero-order chi connectivity index (χ0) is 14.7. The standard InChI is InChI=1S/C18H28N2O/c1-3-19-12-16(14-21-2)18(13-19)15-6-8-17(9-7-15)20-10-4-5-11-20/h6-9,16,18H,3-5,10-14H2,1-2H3. The van der Waals surface area contributed by atoms with Crippen LogP contribution in [0.2, 0.25) is 0 Å². The van der Waals surface area contributed by atoms with Gasteiger partial charge in [0.25, 0.3) is 0 Å². The van der Waals surface area contributed by atoms with Crippen LogP contribution < -0.4 is 4.90 Å². The SMILES string of the molecule is CCN1CC(COC)C(c2ccc(N3CCCC3)cc2)C1. The van der Waals surface area contributed by atoms with Crippen LogP contribution in [0.3, 0.4) is 0 Å². The van der Waals surface area contributed by atoms with Gasteiger partial charge in [0.1, 0.15) is 0 Å². The Labute approximate surface area is 128 Å². The molecule has 0 aliphatic carbocycles. The first-order valence-electron chi connectivity index (χ1n) is 8.38. The first kappa shape index (κ1) is 14.9. The Balaban J connectivity index is 1.72.